The topological polar surface area (TPSA) is 51.0 Å². The SMILES string of the molecule is CNCc1cc(C)nc(-c2coc3ccccc23)n1. The molecule has 0 saturated carbocycles. The van der Waals surface area contributed by atoms with Crippen molar-refractivity contribution in [3.8, 4) is 11.4 Å². The molecular weight excluding hydrogens is 238 g/mol. The molecular formula is C15H15N3O. The Morgan fingerprint density at radius 1 is 1.21 bits per heavy atom. The van der Waals surface area contributed by atoms with Crippen LogP contribution in [0.25, 0.3) is 22.4 Å². The molecule has 3 aromatic rings. The minimum Gasteiger partial charge on any atom is -0.464 e. The van der Waals surface area contributed by atoms with Crippen LogP contribution in [0.5, 0.6) is 0 Å². The van der Waals surface area contributed by atoms with Crippen LogP contribution in [0.1, 0.15) is 11.4 Å². The number of hydrogen-bond donors (Lipinski definition) is 1. The number of nitrogens with zero attached hydrogens (tertiary/aromatic N) is 2. The van der Waals surface area contributed by atoms with Gasteiger partial charge in [-0.2, -0.15) is 0 Å². The molecule has 4 nitrogen and oxygen atoms in total. The van der Waals surface area contributed by atoms with Crippen molar-refractivity contribution >= 4 is 11.0 Å². The van der Waals surface area contributed by atoms with E-state index in [1.807, 2.05) is 44.3 Å². The van der Waals surface area contributed by atoms with Crippen molar-refractivity contribution in [2.75, 3.05) is 7.05 Å². The van der Waals surface area contributed by atoms with Crippen LogP contribution in [0.4, 0.5) is 0 Å². The monoisotopic (exact) mass is 253 g/mol. The van der Waals surface area contributed by atoms with Crippen molar-refractivity contribution in [3.05, 3.63) is 48.0 Å². The lowest BCUT2D eigenvalue weighted by molar-refractivity contribution is 0.616. The van der Waals surface area contributed by atoms with Crippen LogP contribution >= 0.6 is 0 Å². The highest BCUT2D eigenvalue weighted by Crippen LogP contribution is 2.28. The van der Waals surface area contributed by atoms with Gasteiger partial charge in [0, 0.05) is 17.6 Å². The number of hydrogen-bond acceptors (Lipinski definition) is 4. The Hall–Kier alpha value is -2.20. The maximum atomic E-state index is 5.55. The summed E-state index contributed by atoms with van der Waals surface area (Å²) in [4.78, 5) is 9.09. The average Bonchev–Trinajstić information content (AvgIpc) is 2.82. The van der Waals surface area contributed by atoms with Crippen molar-refractivity contribution in [1.29, 1.82) is 0 Å². The van der Waals surface area contributed by atoms with E-state index in [1.165, 1.54) is 0 Å². The van der Waals surface area contributed by atoms with Gasteiger partial charge in [-0.05, 0) is 26.1 Å². The van der Waals surface area contributed by atoms with Crippen molar-refractivity contribution in [3.63, 3.8) is 0 Å². The van der Waals surface area contributed by atoms with Gasteiger partial charge in [-0.15, -0.1) is 0 Å². The molecule has 1 aromatic carbocycles. The van der Waals surface area contributed by atoms with Crippen LogP contribution < -0.4 is 5.32 Å². The molecule has 0 amide bonds. The predicted octanol–water partition coefficient (Wildman–Crippen LogP) is 2.92. The third-order valence-corrected chi connectivity index (χ3v) is 2.99. The molecule has 0 fully saturated rings. The lowest BCUT2D eigenvalue weighted by Gasteiger charge is -2.04. The summed E-state index contributed by atoms with van der Waals surface area (Å²) in [7, 11) is 1.91. The molecule has 19 heavy (non-hydrogen) atoms. The fraction of sp³-hybridized carbons (Fsp3) is 0.200. The van der Waals surface area contributed by atoms with Gasteiger partial charge in [0.15, 0.2) is 5.82 Å². The number of fused-ring (bicyclic) bond motifs is 1. The molecule has 0 aliphatic rings. The number of furan rings is 1. The minimum atomic E-state index is 0.718. The fourth-order valence-electron chi connectivity index (χ4n) is 2.18. The van der Waals surface area contributed by atoms with Gasteiger partial charge in [-0.25, -0.2) is 9.97 Å². The first-order valence-electron chi connectivity index (χ1n) is 6.23. The van der Waals surface area contributed by atoms with Gasteiger partial charge in [0.05, 0.1) is 11.3 Å². The lowest BCUT2D eigenvalue weighted by atomic mass is 10.1. The first-order valence-corrected chi connectivity index (χ1v) is 6.23. The Bertz CT molecular complexity index is 718. The summed E-state index contributed by atoms with van der Waals surface area (Å²) in [5, 5.41) is 4.15. The Labute approximate surface area is 111 Å². The molecule has 0 unspecified atom stereocenters. The van der Waals surface area contributed by atoms with Gasteiger partial charge in [0.25, 0.3) is 0 Å². The summed E-state index contributed by atoms with van der Waals surface area (Å²) in [6.45, 7) is 2.71. The standard InChI is InChI=1S/C15H15N3O/c1-10-7-11(8-16-2)18-15(17-10)13-9-19-14-6-4-3-5-12(13)14/h3-7,9,16H,8H2,1-2H3. The van der Waals surface area contributed by atoms with Crippen LogP contribution in [0, 0.1) is 6.92 Å². The third kappa shape index (κ3) is 2.22. The molecule has 1 N–H and O–H groups in total. The zero-order valence-electron chi connectivity index (χ0n) is 11.0. The highest BCUT2D eigenvalue weighted by Gasteiger charge is 2.11. The molecule has 2 aromatic heterocycles. The second kappa shape index (κ2) is 4.82. The smallest absolute Gasteiger partial charge is 0.163 e. The van der Waals surface area contributed by atoms with Crippen LogP contribution in [-0.4, -0.2) is 17.0 Å². The average molecular weight is 253 g/mol. The Kier molecular flexibility index (Phi) is 3.01. The van der Waals surface area contributed by atoms with Gasteiger partial charge < -0.3 is 9.73 Å². The molecule has 0 radical (unpaired) electrons. The first kappa shape index (κ1) is 11.9. The van der Waals surface area contributed by atoms with Crippen LogP contribution in [-0.2, 0) is 6.54 Å². The summed E-state index contributed by atoms with van der Waals surface area (Å²) < 4.78 is 5.55. The number of nitrogens with one attached hydrogen (secondary N) is 1. The van der Waals surface area contributed by atoms with E-state index in [2.05, 4.69) is 15.3 Å². The third-order valence-electron chi connectivity index (χ3n) is 2.99. The molecule has 2 heterocycles. The summed E-state index contributed by atoms with van der Waals surface area (Å²) in [5.74, 6) is 0.718. The Morgan fingerprint density at radius 3 is 2.89 bits per heavy atom. The van der Waals surface area contributed by atoms with Crippen molar-refractivity contribution in [2.24, 2.45) is 0 Å². The van der Waals surface area contributed by atoms with Crippen LogP contribution in [0.2, 0.25) is 0 Å². The summed E-state index contributed by atoms with van der Waals surface area (Å²) in [5.41, 5.74) is 3.74. The largest absolute Gasteiger partial charge is 0.464 e. The summed E-state index contributed by atoms with van der Waals surface area (Å²) in [6.07, 6.45) is 1.72. The van der Waals surface area contributed by atoms with Gasteiger partial charge in [0.2, 0.25) is 0 Å². The van der Waals surface area contributed by atoms with E-state index in [4.69, 9.17) is 4.42 Å². The Morgan fingerprint density at radius 2 is 2.05 bits per heavy atom. The van der Waals surface area contributed by atoms with E-state index in [-0.39, 0.29) is 0 Å². The molecule has 4 heteroatoms. The highest BCUT2D eigenvalue weighted by molar-refractivity contribution is 5.91. The number of aryl methyl sites for hydroxylation is 1. The molecule has 0 spiro atoms. The maximum Gasteiger partial charge on any atom is 0.163 e. The van der Waals surface area contributed by atoms with Crippen molar-refractivity contribution < 1.29 is 4.42 Å². The molecule has 0 aliphatic heterocycles. The van der Waals surface area contributed by atoms with Crippen LogP contribution in [0.3, 0.4) is 0 Å². The zero-order valence-corrected chi connectivity index (χ0v) is 11.0. The second-order valence-corrected chi connectivity index (χ2v) is 4.50. The number of aromatic nitrogens is 2. The second-order valence-electron chi connectivity index (χ2n) is 4.50. The van der Waals surface area contributed by atoms with E-state index in [1.54, 1.807) is 6.26 Å². The number of para-hydroxylation sites is 1. The molecule has 0 bridgehead atoms. The van der Waals surface area contributed by atoms with Gasteiger partial charge in [0.1, 0.15) is 11.8 Å². The fourth-order valence-corrected chi connectivity index (χ4v) is 2.18. The van der Waals surface area contributed by atoms with Gasteiger partial charge in [-0.3, -0.25) is 0 Å². The van der Waals surface area contributed by atoms with Crippen molar-refractivity contribution in [1.82, 2.24) is 15.3 Å². The van der Waals surface area contributed by atoms with E-state index in [0.29, 0.717) is 0 Å². The predicted molar refractivity (Wildman–Crippen MR) is 74.7 cm³/mol. The minimum absolute atomic E-state index is 0.718. The van der Waals surface area contributed by atoms with E-state index >= 15 is 0 Å². The molecule has 3 rings (SSSR count). The molecule has 0 atom stereocenters. The lowest BCUT2D eigenvalue weighted by Crippen LogP contribution is -2.08. The van der Waals surface area contributed by atoms with Gasteiger partial charge in [-0.1, -0.05) is 18.2 Å². The molecule has 0 saturated heterocycles. The van der Waals surface area contributed by atoms with Crippen molar-refractivity contribution in [2.45, 2.75) is 13.5 Å². The number of rotatable bonds is 3. The van der Waals surface area contributed by atoms with Crippen LogP contribution in [0.15, 0.2) is 41.0 Å². The first-order chi connectivity index (χ1) is 9.28. The number of benzene rings is 1. The van der Waals surface area contributed by atoms with E-state index in [9.17, 15) is 0 Å². The zero-order chi connectivity index (χ0) is 13.2. The quantitative estimate of drug-likeness (QED) is 0.779. The summed E-state index contributed by atoms with van der Waals surface area (Å²) in [6, 6.07) is 9.91. The molecule has 0 aliphatic carbocycles. The van der Waals surface area contributed by atoms with E-state index in [0.717, 1.165) is 40.3 Å². The molecule has 96 valence electrons. The highest BCUT2D eigenvalue weighted by atomic mass is 16.3. The Balaban J connectivity index is 2.15. The maximum absolute atomic E-state index is 5.55. The van der Waals surface area contributed by atoms with Gasteiger partial charge >= 0.3 is 0 Å². The summed E-state index contributed by atoms with van der Waals surface area (Å²) >= 11 is 0. The normalized spacial score (nSPS) is 11.1. The van der Waals surface area contributed by atoms with E-state index < -0.39 is 0 Å².